The number of halogens is 2. The van der Waals surface area contributed by atoms with Gasteiger partial charge < -0.3 is 5.11 Å². The standard InChI is InChI=1S/C13H7ClIN3O2/c14-9-6-8(15)2-4-11(9)18-12-3-1-7(13(19)20)5-10(12)16-17-18/h1-6H,(H,19,20). The van der Waals surface area contributed by atoms with Crippen LogP contribution < -0.4 is 0 Å². The molecule has 1 aromatic heterocycles. The Kier molecular flexibility index (Phi) is 3.35. The lowest BCUT2D eigenvalue weighted by atomic mass is 10.2. The fourth-order valence-corrected chi connectivity index (χ4v) is 2.82. The van der Waals surface area contributed by atoms with Gasteiger partial charge in [-0.15, -0.1) is 5.10 Å². The van der Waals surface area contributed by atoms with E-state index >= 15 is 0 Å². The predicted molar refractivity (Wildman–Crippen MR) is 83.6 cm³/mol. The van der Waals surface area contributed by atoms with Gasteiger partial charge in [0.05, 0.1) is 21.8 Å². The maximum absolute atomic E-state index is 10.9. The van der Waals surface area contributed by atoms with Gasteiger partial charge in [0.1, 0.15) is 5.52 Å². The zero-order valence-corrected chi connectivity index (χ0v) is 12.8. The zero-order chi connectivity index (χ0) is 14.3. The van der Waals surface area contributed by atoms with Crippen LogP contribution in [0.25, 0.3) is 16.7 Å². The molecular formula is C13H7ClIN3O2. The molecule has 0 amide bonds. The van der Waals surface area contributed by atoms with Gasteiger partial charge in [0.2, 0.25) is 0 Å². The van der Waals surface area contributed by atoms with Gasteiger partial charge in [-0.2, -0.15) is 0 Å². The lowest BCUT2D eigenvalue weighted by Crippen LogP contribution is -1.98. The van der Waals surface area contributed by atoms with E-state index in [2.05, 4.69) is 32.9 Å². The third-order valence-corrected chi connectivity index (χ3v) is 3.80. The summed E-state index contributed by atoms with van der Waals surface area (Å²) in [4.78, 5) is 10.9. The molecule has 0 saturated carbocycles. The molecule has 100 valence electrons. The van der Waals surface area contributed by atoms with Crippen molar-refractivity contribution in [3.63, 3.8) is 0 Å². The molecule has 2 aromatic carbocycles. The van der Waals surface area contributed by atoms with E-state index in [0.717, 1.165) is 3.57 Å². The van der Waals surface area contributed by atoms with Crippen molar-refractivity contribution < 1.29 is 9.90 Å². The second kappa shape index (κ2) is 5.02. The maximum Gasteiger partial charge on any atom is 0.335 e. The van der Waals surface area contributed by atoms with Crippen LogP contribution in [0.2, 0.25) is 5.02 Å². The summed E-state index contributed by atoms with van der Waals surface area (Å²) < 4.78 is 2.62. The van der Waals surface area contributed by atoms with Crippen molar-refractivity contribution in [1.29, 1.82) is 0 Å². The molecule has 0 bridgehead atoms. The van der Waals surface area contributed by atoms with Crippen molar-refractivity contribution in [2.24, 2.45) is 0 Å². The smallest absolute Gasteiger partial charge is 0.335 e. The normalized spacial score (nSPS) is 10.9. The predicted octanol–water partition coefficient (Wildman–Crippen LogP) is 3.38. The quantitative estimate of drug-likeness (QED) is 0.671. The van der Waals surface area contributed by atoms with Crippen molar-refractivity contribution in [3.05, 3.63) is 50.6 Å². The highest BCUT2D eigenvalue weighted by atomic mass is 127. The van der Waals surface area contributed by atoms with Crippen LogP contribution in [-0.4, -0.2) is 26.1 Å². The second-order valence-corrected chi connectivity index (χ2v) is 5.76. The average Bonchev–Trinajstić information content (AvgIpc) is 2.81. The minimum absolute atomic E-state index is 0.179. The molecule has 0 unspecified atom stereocenters. The van der Waals surface area contributed by atoms with Gasteiger partial charge in [-0.3, -0.25) is 0 Å². The summed E-state index contributed by atoms with van der Waals surface area (Å²) in [6, 6.07) is 10.3. The molecule has 0 radical (unpaired) electrons. The van der Waals surface area contributed by atoms with Gasteiger partial charge in [-0.25, -0.2) is 9.48 Å². The number of hydrogen-bond donors (Lipinski definition) is 1. The largest absolute Gasteiger partial charge is 0.478 e. The van der Waals surface area contributed by atoms with Gasteiger partial charge in [0.25, 0.3) is 0 Å². The molecule has 0 atom stereocenters. The number of carbonyl (C=O) groups is 1. The first-order chi connectivity index (χ1) is 9.56. The van der Waals surface area contributed by atoms with Crippen molar-refractivity contribution in [2.45, 2.75) is 0 Å². The van der Waals surface area contributed by atoms with Crippen LogP contribution in [0.3, 0.4) is 0 Å². The van der Waals surface area contributed by atoms with Gasteiger partial charge in [-0.05, 0) is 59.0 Å². The molecule has 1 heterocycles. The monoisotopic (exact) mass is 399 g/mol. The molecule has 5 nitrogen and oxygen atoms in total. The number of aromatic nitrogens is 3. The summed E-state index contributed by atoms with van der Waals surface area (Å²) >= 11 is 8.39. The van der Waals surface area contributed by atoms with Crippen LogP contribution in [0.15, 0.2) is 36.4 Å². The van der Waals surface area contributed by atoms with Crippen LogP contribution in [-0.2, 0) is 0 Å². The lowest BCUT2D eigenvalue weighted by molar-refractivity contribution is 0.0697. The van der Waals surface area contributed by atoms with Crippen LogP contribution in [0.1, 0.15) is 10.4 Å². The van der Waals surface area contributed by atoms with Gasteiger partial charge in [-0.1, -0.05) is 16.8 Å². The minimum Gasteiger partial charge on any atom is -0.478 e. The lowest BCUT2D eigenvalue weighted by Gasteiger charge is -2.05. The van der Waals surface area contributed by atoms with E-state index in [9.17, 15) is 4.79 Å². The number of benzene rings is 2. The Hall–Kier alpha value is -1.67. The third kappa shape index (κ3) is 2.25. The molecule has 0 saturated heterocycles. The van der Waals surface area contributed by atoms with E-state index in [1.165, 1.54) is 12.1 Å². The van der Waals surface area contributed by atoms with Crippen molar-refractivity contribution in [3.8, 4) is 5.69 Å². The Bertz CT molecular complexity index is 832. The maximum atomic E-state index is 10.9. The zero-order valence-electron chi connectivity index (χ0n) is 9.92. The number of carboxylic acids is 1. The Morgan fingerprint density at radius 3 is 2.75 bits per heavy atom. The number of carboxylic acid groups (broad SMARTS) is 1. The summed E-state index contributed by atoms with van der Waals surface area (Å²) in [6.45, 7) is 0. The van der Waals surface area contributed by atoms with Gasteiger partial charge in [0, 0.05) is 3.57 Å². The summed E-state index contributed by atoms with van der Waals surface area (Å²) in [5, 5.41) is 17.6. The molecule has 0 fully saturated rings. The van der Waals surface area contributed by atoms with E-state index in [1.54, 1.807) is 10.7 Å². The first kappa shape index (κ1) is 13.3. The first-order valence-corrected chi connectivity index (χ1v) is 7.06. The Labute approximate surface area is 132 Å². The topological polar surface area (TPSA) is 68.0 Å². The number of aromatic carboxylic acids is 1. The molecule has 7 heteroatoms. The molecule has 0 aliphatic rings. The molecule has 0 spiro atoms. The second-order valence-electron chi connectivity index (χ2n) is 4.11. The van der Waals surface area contributed by atoms with Crippen molar-refractivity contribution in [1.82, 2.24) is 15.0 Å². The Morgan fingerprint density at radius 2 is 2.05 bits per heavy atom. The molecule has 3 rings (SSSR count). The highest BCUT2D eigenvalue weighted by molar-refractivity contribution is 14.1. The SMILES string of the molecule is O=C(O)c1ccc2c(c1)nnn2-c1ccc(I)cc1Cl. The highest BCUT2D eigenvalue weighted by Crippen LogP contribution is 2.25. The van der Waals surface area contributed by atoms with E-state index < -0.39 is 5.97 Å². The number of rotatable bonds is 2. The molecule has 0 aliphatic carbocycles. The van der Waals surface area contributed by atoms with E-state index in [4.69, 9.17) is 16.7 Å². The van der Waals surface area contributed by atoms with Crippen LogP contribution >= 0.6 is 34.2 Å². The number of fused-ring (bicyclic) bond motifs is 1. The first-order valence-electron chi connectivity index (χ1n) is 5.60. The molecule has 1 N–H and O–H groups in total. The molecule has 0 aliphatic heterocycles. The Balaban J connectivity index is 2.20. The molecular weight excluding hydrogens is 393 g/mol. The van der Waals surface area contributed by atoms with Crippen LogP contribution in [0, 0.1) is 3.57 Å². The minimum atomic E-state index is -0.992. The van der Waals surface area contributed by atoms with Crippen molar-refractivity contribution >= 4 is 51.2 Å². The fourth-order valence-electron chi connectivity index (χ4n) is 1.89. The fraction of sp³-hybridized carbons (Fsp3) is 0. The van der Waals surface area contributed by atoms with E-state index in [1.807, 2.05) is 18.2 Å². The number of nitrogens with zero attached hydrogens (tertiary/aromatic N) is 3. The Morgan fingerprint density at radius 1 is 1.25 bits per heavy atom. The van der Waals surface area contributed by atoms with Crippen LogP contribution in [0.5, 0.6) is 0 Å². The summed E-state index contributed by atoms with van der Waals surface area (Å²) in [5.74, 6) is -0.992. The van der Waals surface area contributed by atoms with Gasteiger partial charge in [0.15, 0.2) is 0 Å². The van der Waals surface area contributed by atoms with Crippen molar-refractivity contribution in [2.75, 3.05) is 0 Å². The average molecular weight is 400 g/mol. The van der Waals surface area contributed by atoms with Crippen LogP contribution in [0.4, 0.5) is 0 Å². The van der Waals surface area contributed by atoms with Gasteiger partial charge >= 0.3 is 5.97 Å². The molecule has 20 heavy (non-hydrogen) atoms. The summed E-state index contributed by atoms with van der Waals surface area (Å²) in [5.41, 5.74) is 2.11. The molecule has 3 aromatic rings. The highest BCUT2D eigenvalue weighted by Gasteiger charge is 2.12. The summed E-state index contributed by atoms with van der Waals surface area (Å²) in [6.07, 6.45) is 0. The van der Waals surface area contributed by atoms with E-state index in [0.29, 0.717) is 21.7 Å². The number of hydrogen-bond acceptors (Lipinski definition) is 3. The summed E-state index contributed by atoms with van der Waals surface area (Å²) in [7, 11) is 0. The van der Waals surface area contributed by atoms with E-state index in [-0.39, 0.29) is 5.56 Å². The third-order valence-electron chi connectivity index (χ3n) is 2.83.